The number of benzene rings is 6. The van der Waals surface area contributed by atoms with E-state index in [9.17, 15) is 35.5 Å². The number of nitrogens with zero attached hydrogens (tertiary/aromatic N) is 8. The number of phenolic OH excluding ortho intramolecular Hbond substituents is 2. The van der Waals surface area contributed by atoms with Crippen molar-refractivity contribution in [2.75, 3.05) is 38.0 Å². The van der Waals surface area contributed by atoms with Gasteiger partial charge in [0.2, 0.25) is 41.4 Å². The lowest BCUT2D eigenvalue weighted by molar-refractivity contribution is 0.396. The van der Waals surface area contributed by atoms with Gasteiger partial charge in [0.05, 0.1) is 29.4 Å². The Labute approximate surface area is 395 Å². The minimum absolute atomic E-state index is 0.00288. The van der Waals surface area contributed by atoms with Gasteiger partial charge in [0, 0.05) is 28.2 Å². The Morgan fingerprint density at radius 2 is 0.507 bits per heavy atom. The third-order valence-corrected chi connectivity index (χ3v) is 15.0. The lowest BCUT2D eigenvalue weighted by atomic mass is 10.3. The van der Waals surface area contributed by atoms with Gasteiger partial charge in [-0.05, 0) is 146 Å². The lowest BCUT2D eigenvalue weighted by Crippen LogP contribution is -2.14. The van der Waals surface area contributed by atoms with Crippen LogP contribution in [0.1, 0.15) is 0 Å². The molecule has 0 aliphatic carbocycles. The van der Waals surface area contributed by atoms with Crippen molar-refractivity contribution in [3.63, 3.8) is 0 Å². The van der Waals surface area contributed by atoms with Crippen molar-refractivity contribution < 1.29 is 54.4 Å². The highest BCUT2D eigenvalue weighted by atomic mass is 32.2. The second kappa shape index (κ2) is 19.1. The summed E-state index contributed by atoms with van der Waals surface area (Å²) in [6.07, 6.45) is 0. The van der Waals surface area contributed by atoms with Gasteiger partial charge in [-0.25, -0.2) is 25.3 Å². The van der Waals surface area contributed by atoms with Gasteiger partial charge < -0.3 is 39.0 Å². The molecule has 2 heterocycles. The summed E-state index contributed by atoms with van der Waals surface area (Å²) in [4.78, 5) is 28.7. The van der Waals surface area contributed by atoms with Gasteiger partial charge in [0.1, 0.15) is 34.5 Å². The van der Waals surface area contributed by atoms with Gasteiger partial charge >= 0.3 is 24.0 Å². The molecule has 8 aromatic rings. The maximum atomic E-state index is 13.7. The third kappa shape index (κ3) is 10.8. The molecule has 2 N–H and O–H groups in total. The van der Waals surface area contributed by atoms with E-state index in [1.54, 1.807) is 38.0 Å². The molecule has 0 amide bonds. The fraction of sp³-hybridized carbons (Fsp3) is 0.0870. The van der Waals surface area contributed by atoms with E-state index in [1.165, 1.54) is 146 Å². The molecule has 8 rings (SSSR count). The van der Waals surface area contributed by atoms with Crippen molar-refractivity contribution in [2.24, 2.45) is 0 Å². The highest BCUT2D eigenvalue weighted by Crippen LogP contribution is 2.32. The molecule has 0 saturated heterocycles. The number of sulfone groups is 3. The topological polar surface area (TPSA) is 264 Å². The maximum absolute atomic E-state index is 13.7. The number of anilines is 2. The van der Waals surface area contributed by atoms with Crippen molar-refractivity contribution in [2.45, 2.75) is 29.4 Å². The van der Waals surface area contributed by atoms with Crippen molar-refractivity contribution in [1.29, 1.82) is 0 Å². The van der Waals surface area contributed by atoms with Crippen LogP contribution in [0.4, 0.5) is 11.9 Å². The molecule has 69 heavy (non-hydrogen) atoms. The molecule has 6 aromatic carbocycles. The quantitative estimate of drug-likeness (QED) is 0.0964. The minimum Gasteiger partial charge on any atom is -0.508 e. The number of phenols is 2. The third-order valence-electron chi connectivity index (χ3n) is 9.63. The summed E-state index contributed by atoms with van der Waals surface area (Å²) in [5.74, 6) is 1.02. The number of aromatic nitrogens is 6. The molecule has 0 aliphatic heterocycles. The lowest BCUT2D eigenvalue weighted by Gasteiger charge is -2.14. The van der Waals surface area contributed by atoms with Crippen LogP contribution >= 0.6 is 0 Å². The fourth-order valence-electron chi connectivity index (χ4n) is 6.07. The summed E-state index contributed by atoms with van der Waals surface area (Å²) < 4.78 is 103. The number of hydrogen-bond donors (Lipinski definition) is 2. The molecule has 20 nitrogen and oxygen atoms in total. The zero-order chi connectivity index (χ0) is 49.1. The van der Waals surface area contributed by atoms with Gasteiger partial charge in [0.15, 0.2) is 0 Å². The zero-order valence-electron chi connectivity index (χ0n) is 36.6. The van der Waals surface area contributed by atoms with Gasteiger partial charge in [-0.2, -0.15) is 19.9 Å². The highest BCUT2D eigenvalue weighted by molar-refractivity contribution is 7.92. The normalized spacial score (nSPS) is 11.7. The first-order valence-electron chi connectivity index (χ1n) is 20.2. The summed E-state index contributed by atoms with van der Waals surface area (Å²) in [5.41, 5.74) is 0. The molecule has 0 bridgehead atoms. The van der Waals surface area contributed by atoms with Crippen LogP contribution in [0.25, 0.3) is 0 Å². The predicted molar refractivity (Wildman–Crippen MR) is 247 cm³/mol. The van der Waals surface area contributed by atoms with Crippen molar-refractivity contribution in [3.8, 4) is 58.5 Å². The van der Waals surface area contributed by atoms with Crippen LogP contribution in [0.5, 0.6) is 58.5 Å². The summed E-state index contributed by atoms with van der Waals surface area (Å²) >= 11 is 0. The maximum Gasteiger partial charge on any atom is 0.330 e. The van der Waals surface area contributed by atoms with E-state index in [4.69, 9.17) is 18.9 Å². The first-order chi connectivity index (χ1) is 32.8. The largest absolute Gasteiger partial charge is 0.508 e. The Bertz CT molecular complexity index is 3250. The van der Waals surface area contributed by atoms with Gasteiger partial charge in [0.25, 0.3) is 0 Å². The first kappa shape index (κ1) is 47.1. The van der Waals surface area contributed by atoms with E-state index in [1.807, 2.05) is 0 Å². The minimum atomic E-state index is -4.04. The highest BCUT2D eigenvalue weighted by Gasteiger charge is 2.22. The van der Waals surface area contributed by atoms with Crippen LogP contribution in [0.15, 0.2) is 175 Å². The molecule has 0 aliphatic rings. The Morgan fingerprint density at radius 1 is 0.319 bits per heavy atom. The fourth-order valence-corrected chi connectivity index (χ4v) is 9.85. The van der Waals surface area contributed by atoms with Crippen LogP contribution in [0.2, 0.25) is 0 Å². The predicted octanol–water partition coefficient (Wildman–Crippen LogP) is 7.27. The van der Waals surface area contributed by atoms with Crippen LogP contribution < -0.4 is 28.7 Å². The van der Waals surface area contributed by atoms with Gasteiger partial charge in [-0.3, -0.25) is 0 Å². The molecule has 0 radical (unpaired) electrons. The second-order valence-electron chi connectivity index (χ2n) is 15.0. The average molecular weight is 991 g/mol. The standard InChI is InChI=1S/C46H38N8O12S3/c1-53(2)41-47-43(63-31-9-21-37(22-10-31)67(57,58)35-17-5-29(55)6-18-35)51-45(49-41)65-33-13-25-39(26-14-33)69(61,62)40-27-15-34(16-28-40)66-46-50-42(54(3)4)48-44(52-46)64-32-11-23-38(24-12-32)68(59,60)36-19-7-30(56)8-20-36/h5-28,55-56H,1-4H3. The summed E-state index contributed by atoms with van der Waals surface area (Å²) in [5, 5.41) is 19.1. The van der Waals surface area contributed by atoms with E-state index >= 15 is 0 Å². The molecule has 0 atom stereocenters. The molecule has 0 fully saturated rings. The zero-order valence-corrected chi connectivity index (χ0v) is 39.1. The van der Waals surface area contributed by atoms with Crippen LogP contribution in [-0.2, 0) is 29.5 Å². The molecule has 23 heteroatoms. The molecule has 0 saturated carbocycles. The summed E-state index contributed by atoms with van der Waals surface area (Å²) in [6.45, 7) is 0. The van der Waals surface area contributed by atoms with Gasteiger partial charge in [-0.15, -0.1) is 9.97 Å². The number of aromatic hydroxyl groups is 2. The number of hydrogen-bond acceptors (Lipinski definition) is 20. The first-order valence-corrected chi connectivity index (χ1v) is 24.6. The van der Waals surface area contributed by atoms with Crippen molar-refractivity contribution in [1.82, 2.24) is 29.9 Å². The molecular formula is C46H38N8O12S3. The average Bonchev–Trinajstić information content (AvgIpc) is 3.32. The van der Waals surface area contributed by atoms with Crippen molar-refractivity contribution >= 4 is 41.4 Å². The molecule has 2 aromatic heterocycles. The second-order valence-corrected chi connectivity index (χ2v) is 20.8. The number of ether oxygens (including phenoxy) is 4. The summed E-state index contributed by atoms with van der Waals surface area (Å²) in [6, 6.07) is 31.9. The Morgan fingerprint density at radius 3 is 0.696 bits per heavy atom. The monoisotopic (exact) mass is 990 g/mol. The molecule has 352 valence electrons. The van der Waals surface area contributed by atoms with Crippen molar-refractivity contribution in [3.05, 3.63) is 146 Å². The molecular weight excluding hydrogens is 953 g/mol. The SMILES string of the molecule is CN(C)c1nc(Oc2ccc(S(=O)(=O)c3ccc(O)cc3)cc2)nc(Oc2ccc(S(=O)(=O)c3ccc(Oc4nc(Oc5ccc(S(=O)(=O)c6ccc(O)cc6)cc5)nc(N(C)C)n4)cc3)cc2)n1. The van der Waals surface area contributed by atoms with E-state index in [2.05, 4.69) is 29.9 Å². The Hall–Kier alpha value is -8.41. The van der Waals surface area contributed by atoms with E-state index in [0.29, 0.717) is 0 Å². The molecule has 0 unspecified atom stereocenters. The summed E-state index contributed by atoms with van der Waals surface area (Å²) in [7, 11) is -5.02. The van der Waals surface area contributed by atoms with Crippen LogP contribution in [0.3, 0.4) is 0 Å². The van der Waals surface area contributed by atoms with E-state index in [-0.39, 0.29) is 99.8 Å². The van der Waals surface area contributed by atoms with Gasteiger partial charge in [-0.1, -0.05) is 0 Å². The number of rotatable bonds is 16. The van der Waals surface area contributed by atoms with Crippen LogP contribution in [-0.4, -0.2) is 93.6 Å². The van der Waals surface area contributed by atoms with E-state index in [0.717, 1.165) is 0 Å². The van der Waals surface area contributed by atoms with E-state index < -0.39 is 29.5 Å². The molecule has 0 spiro atoms. The smallest absolute Gasteiger partial charge is 0.330 e. The Balaban J connectivity index is 0.926. The van der Waals surface area contributed by atoms with Crippen LogP contribution in [0, 0.1) is 0 Å². The Kier molecular flexibility index (Phi) is 13.0.